The second-order valence-electron chi connectivity index (χ2n) is 5.34. The maximum Gasteiger partial charge on any atom is 0.272 e. The van der Waals surface area contributed by atoms with E-state index in [0.717, 1.165) is 0 Å². The minimum absolute atomic E-state index is 0.104. The van der Waals surface area contributed by atoms with Crippen LogP contribution in [0, 0.1) is 0 Å². The highest BCUT2D eigenvalue weighted by Crippen LogP contribution is 2.27. The standard InChI is InChI=1S/C12H12Cl4N2O5S2/c13-7-1-3-8(4-2-7)25(22,23)18-10-6-24(20,21)5-9(10)17-11(19)12(14,15)16/h1-4,9-10,18H,5-6H2,(H,17,19)/t9-,10+/m0/s1. The van der Waals surface area contributed by atoms with Crippen molar-refractivity contribution in [2.24, 2.45) is 0 Å². The first-order valence-electron chi connectivity index (χ1n) is 6.66. The Morgan fingerprint density at radius 2 is 1.60 bits per heavy atom. The molecule has 1 aliphatic heterocycles. The third-order valence-electron chi connectivity index (χ3n) is 3.36. The molecule has 1 heterocycles. The van der Waals surface area contributed by atoms with Crippen molar-refractivity contribution in [1.82, 2.24) is 10.0 Å². The molecule has 0 spiro atoms. The molecule has 2 rings (SSSR count). The number of hydrogen-bond donors (Lipinski definition) is 2. The van der Waals surface area contributed by atoms with Gasteiger partial charge in [-0.05, 0) is 24.3 Å². The number of nitrogens with one attached hydrogen (secondary N) is 2. The summed E-state index contributed by atoms with van der Waals surface area (Å²) < 4.78 is 48.5. The van der Waals surface area contributed by atoms with Crippen LogP contribution in [0.15, 0.2) is 29.2 Å². The van der Waals surface area contributed by atoms with Crippen molar-refractivity contribution in [1.29, 1.82) is 0 Å². The number of benzene rings is 1. The second-order valence-corrected chi connectivity index (χ2v) is 11.9. The van der Waals surface area contributed by atoms with Crippen LogP contribution in [0.4, 0.5) is 0 Å². The van der Waals surface area contributed by atoms with Gasteiger partial charge >= 0.3 is 0 Å². The highest BCUT2D eigenvalue weighted by molar-refractivity contribution is 7.92. The molecule has 0 bridgehead atoms. The first-order valence-corrected chi connectivity index (χ1v) is 11.5. The van der Waals surface area contributed by atoms with E-state index in [2.05, 4.69) is 10.0 Å². The van der Waals surface area contributed by atoms with E-state index in [-0.39, 0.29) is 4.90 Å². The second kappa shape index (κ2) is 7.38. The fraction of sp³-hybridized carbons (Fsp3) is 0.417. The van der Waals surface area contributed by atoms with E-state index >= 15 is 0 Å². The molecule has 0 radical (unpaired) electrons. The summed E-state index contributed by atoms with van der Waals surface area (Å²) in [5.41, 5.74) is 0. The van der Waals surface area contributed by atoms with E-state index in [1.807, 2.05) is 0 Å². The molecule has 0 unspecified atom stereocenters. The summed E-state index contributed by atoms with van der Waals surface area (Å²) >= 11 is 22.0. The van der Waals surface area contributed by atoms with Crippen molar-refractivity contribution >= 4 is 72.2 Å². The van der Waals surface area contributed by atoms with E-state index in [4.69, 9.17) is 46.4 Å². The third-order valence-corrected chi connectivity index (χ3v) is 7.36. The van der Waals surface area contributed by atoms with Crippen molar-refractivity contribution in [2.45, 2.75) is 20.8 Å². The lowest BCUT2D eigenvalue weighted by molar-refractivity contribution is -0.120. The van der Waals surface area contributed by atoms with Crippen LogP contribution in [-0.4, -0.2) is 50.1 Å². The normalized spacial score (nSPS) is 23.4. The van der Waals surface area contributed by atoms with Gasteiger partial charge in [0.1, 0.15) is 0 Å². The zero-order valence-corrected chi connectivity index (χ0v) is 16.9. The molecule has 1 aromatic carbocycles. The summed E-state index contributed by atoms with van der Waals surface area (Å²) in [6, 6.07) is 3.11. The molecule has 1 amide bonds. The van der Waals surface area contributed by atoms with Crippen LogP contribution in [0.25, 0.3) is 0 Å². The van der Waals surface area contributed by atoms with Gasteiger partial charge in [-0.2, -0.15) is 0 Å². The zero-order chi connectivity index (χ0) is 19.0. The molecule has 140 valence electrons. The molecule has 25 heavy (non-hydrogen) atoms. The lowest BCUT2D eigenvalue weighted by Crippen LogP contribution is -2.53. The zero-order valence-electron chi connectivity index (χ0n) is 12.2. The fourth-order valence-electron chi connectivity index (χ4n) is 2.24. The Morgan fingerprint density at radius 3 is 2.12 bits per heavy atom. The number of carbonyl (C=O) groups excluding carboxylic acids is 1. The minimum atomic E-state index is -4.04. The number of amides is 1. The molecular formula is C12H12Cl4N2O5S2. The molecule has 1 aliphatic rings. The number of sulfone groups is 1. The maximum atomic E-state index is 12.4. The molecule has 2 atom stereocenters. The topological polar surface area (TPSA) is 109 Å². The van der Waals surface area contributed by atoms with Gasteiger partial charge in [-0.15, -0.1) is 0 Å². The molecule has 7 nitrogen and oxygen atoms in total. The SMILES string of the molecule is O=C(N[C@H]1CS(=O)(=O)C[C@H]1NS(=O)(=O)c1ccc(Cl)cc1)C(Cl)(Cl)Cl. The quantitative estimate of drug-likeness (QED) is 0.645. The molecular weight excluding hydrogens is 458 g/mol. The lowest BCUT2D eigenvalue weighted by Gasteiger charge is -2.22. The van der Waals surface area contributed by atoms with Gasteiger partial charge < -0.3 is 5.32 Å². The summed E-state index contributed by atoms with van der Waals surface area (Å²) in [6.45, 7) is 0. The number of halogens is 4. The average Bonchev–Trinajstić information content (AvgIpc) is 2.71. The summed E-state index contributed by atoms with van der Waals surface area (Å²) in [7, 11) is -7.63. The van der Waals surface area contributed by atoms with Gasteiger partial charge in [-0.1, -0.05) is 46.4 Å². The van der Waals surface area contributed by atoms with Gasteiger partial charge in [-0.25, -0.2) is 21.6 Å². The van der Waals surface area contributed by atoms with Crippen LogP contribution in [0.5, 0.6) is 0 Å². The van der Waals surface area contributed by atoms with Crippen molar-refractivity contribution in [3.8, 4) is 0 Å². The Bertz CT molecular complexity index is 866. The van der Waals surface area contributed by atoms with E-state index in [1.165, 1.54) is 24.3 Å². The lowest BCUT2D eigenvalue weighted by atomic mass is 10.2. The van der Waals surface area contributed by atoms with Crippen LogP contribution in [0.2, 0.25) is 5.02 Å². The summed E-state index contributed by atoms with van der Waals surface area (Å²) in [6.07, 6.45) is 0. The molecule has 1 saturated heterocycles. The summed E-state index contributed by atoms with van der Waals surface area (Å²) in [5, 5.41) is 2.59. The number of carbonyl (C=O) groups is 1. The average molecular weight is 470 g/mol. The largest absolute Gasteiger partial charge is 0.347 e. The first kappa shape index (κ1) is 21.0. The number of rotatable bonds is 4. The molecule has 2 N–H and O–H groups in total. The van der Waals surface area contributed by atoms with Crippen LogP contribution >= 0.6 is 46.4 Å². The molecule has 1 fully saturated rings. The Labute approximate surface area is 164 Å². The van der Waals surface area contributed by atoms with Gasteiger partial charge in [0, 0.05) is 5.02 Å². The van der Waals surface area contributed by atoms with Crippen LogP contribution < -0.4 is 10.0 Å². The Kier molecular flexibility index (Phi) is 6.20. The third kappa shape index (κ3) is 5.59. The Balaban J connectivity index is 2.23. The Morgan fingerprint density at radius 1 is 1.08 bits per heavy atom. The fourth-order valence-corrected chi connectivity index (χ4v) is 5.77. The van der Waals surface area contributed by atoms with Crippen molar-refractivity contribution in [3.63, 3.8) is 0 Å². The van der Waals surface area contributed by atoms with Gasteiger partial charge in [0.15, 0.2) is 9.84 Å². The van der Waals surface area contributed by atoms with Gasteiger partial charge in [-0.3, -0.25) is 4.79 Å². The number of hydrogen-bond acceptors (Lipinski definition) is 5. The van der Waals surface area contributed by atoms with Crippen LogP contribution in [-0.2, 0) is 24.7 Å². The highest BCUT2D eigenvalue weighted by Gasteiger charge is 2.43. The van der Waals surface area contributed by atoms with Gasteiger partial charge in [0.2, 0.25) is 10.0 Å². The molecule has 0 aromatic heterocycles. The number of sulfonamides is 1. The van der Waals surface area contributed by atoms with Gasteiger partial charge in [0.05, 0.1) is 28.5 Å². The van der Waals surface area contributed by atoms with Gasteiger partial charge in [0.25, 0.3) is 9.70 Å². The predicted molar refractivity (Wildman–Crippen MR) is 96.4 cm³/mol. The Hall–Kier alpha value is -0.290. The molecule has 0 saturated carbocycles. The van der Waals surface area contributed by atoms with E-state index < -0.39 is 53.1 Å². The van der Waals surface area contributed by atoms with Crippen LogP contribution in [0.1, 0.15) is 0 Å². The monoisotopic (exact) mass is 468 g/mol. The van der Waals surface area contributed by atoms with E-state index in [1.54, 1.807) is 0 Å². The van der Waals surface area contributed by atoms with Crippen molar-refractivity contribution < 1.29 is 21.6 Å². The van der Waals surface area contributed by atoms with Crippen molar-refractivity contribution in [3.05, 3.63) is 29.3 Å². The highest BCUT2D eigenvalue weighted by atomic mass is 35.6. The molecule has 0 aliphatic carbocycles. The predicted octanol–water partition coefficient (Wildman–Crippen LogP) is 1.27. The van der Waals surface area contributed by atoms with Crippen LogP contribution in [0.3, 0.4) is 0 Å². The van der Waals surface area contributed by atoms with E-state index in [9.17, 15) is 21.6 Å². The van der Waals surface area contributed by atoms with Crippen molar-refractivity contribution in [2.75, 3.05) is 11.5 Å². The molecule has 1 aromatic rings. The minimum Gasteiger partial charge on any atom is -0.347 e. The summed E-state index contributed by atoms with van der Waals surface area (Å²) in [4.78, 5) is 11.7. The molecule has 13 heteroatoms. The first-order chi connectivity index (χ1) is 11.3. The smallest absolute Gasteiger partial charge is 0.272 e. The summed E-state index contributed by atoms with van der Waals surface area (Å²) in [5.74, 6) is -2.02. The van der Waals surface area contributed by atoms with E-state index in [0.29, 0.717) is 5.02 Å². The number of alkyl halides is 3. The maximum absolute atomic E-state index is 12.4.